The van der Waals surface area contributed by atoms with Gasteiger partial charge >= 0.3 is 0 Å². The number of likely N-dealkylation sites (tertiary alicyclic amines) is 1. The zero-order valence-corrected chi connectivity index (χ0v) is 16.1. The molecule has 2 aliphatic rings. The largest absolute Gasteiger partial charge is 0.351 e. The summed E-state index contributed by atoms with van der Waals surface area (Å²) in [6, 6.07) is 8.69. The first-order chi connectivity index (χ1) is 11.7. The monoisotopic (exact) mass is 365 g/mol. The molecule has 2 fully saturated rings. The van der Waals surface area contributed by atoms with Crippen LogP contribution in [-0.2, 0) is 17.9 Å². The van der Waals surface area contributed by atoms with Gasteiger partial charge in [-0.15, -0.1) is 12.4 Å². The van der Waals surface area contributed by atoms with Crippen molar-refractivity contribution >= 4 is 18.3 Å². The van der Waals surface area contributed by atoms with E-state index in [2.05, 4.69) is 46.7 Å². The zero-order chi connectivity index (χ0) is 16.8. The van der Waals surface area contributed by atoms with Crippen LogP contribution in [-0.4, -0.2) is 36.5 Å². The molecule has 0 aromatic heterocycles. The number of carbonyl (C=O) groups is 1. The Balaban J connectivity index is 0.00000225. The molecule has 2 atom stereocenters. The summed E-state index contributed by atoms with van der Waals surface area (Å²) >= 11 is 0. The second kappa shape index (κ2) is 10.1. The lowest BCUT2D eigenvalue weighted by molar-refractivity contribution is -0.124. The van der Waals surface area contributed by atoms with Crippen LogP contribution in [0.2, 0.25) is 0 Å². The van der Waals surface area contributed by atoms with E-state index < -0.39 is 0 Å². The van der Waals surface area contributed by atoms with E-state index in [-0.39, 0.29) is 24.4 Å². The van der Waals surface area contributed by atoms with E-state index in [0.717, 1.165) is 19.5 Å². The van der Waals surface area contributed by atoms with Crippen molar-refractivity contribution in [3.05, 3.63) is 35.4 Å². The van der Waals surface area contributed by atoms with Crippen LogP contribution in [0.3, 0.4) is 0 Å². The van der Waals surface area contributed by atoms with E-state index in [1.807, 2.05) is 0 Å². The van der Waals surface area contributed by atoms with Gasteiger partial charge in [-0.25, -0.2) is 0 Å². The van der Waals surface area contributed by atoms with E-state index in [1.165, 1.54) is 49.9 Å². The number of halogens is 1. The molecule has 1 aromatic rings. The molecule has 2 heterocycles. The Bertz CT molecular complexity index is 528. The van der Waals surface area contributed by atoms with Crippen LogP contribution in [0.15, 0.2) is 24.3 Å². The second-order valence-corrected chi connectivity index (χ2v) is 7.51. The summed E-state index contributed by atoms with van der Waals surface area (Å²) in [4.78, 5) is 14.8. The number of hydrogen-bond acceptors (Lipinski definition) is 3. The molecule has 2 aliphatic heterocycles. The molecule has 0 saturated carbocycles. The van der Waals surface area contributed by atoms with Gasteiger partial charge in [0.1, 0.15) is 0 Å². The van der Waals surface area contributed by atoms with Crippen LogP contribution in [0.1, 0.15) is 50.2 Å². The number of amides is 1. The van der Waals surface area contributed by atoms with Crippen LogP contribution in [0.5, 0.6) is 0 Å². The molecule has 2 saturated heterocycles. The highest BCUT2D eigenvalue weighted by molar-refractivity contribution is 5.85. The Morgan fingerprint density at radius 3 is 2.52 bits per heavy atom. The maximum Gasteiger partial charge on any atom is 0.237 e. The van der Waals surface area contributed by atoms with Gasteiger partial charge in [-0.2, -0.15) is 0 Å². The van der Waals surface area contributed by atoms with Gasteiger partial charge in [0.05, 0.1) is 6.04 Å². The molecule has 3 rings (SSSR count). The lowest BCUT2D eigenvalue weighted by Crippen LogP contribution is -2.48. The number of carbonyl (C=O) groups excluding carboxylic acids is 1. The average molecular weight is 366 g/mol. The number of hydrogen-bond donors (Lipinski definition) is 2. The number of benzene rings is 1. The summed E-state index contributed by atoms with van der Waals surface area (Å²) < 4.78 is 0. The quantitative estimate of drug-likeness (QED) is 0.842. The fourth-order valence-electron chi connectivity index (χ4n) is 3.76. The number of nitrogens with one attached hydrogen (secondary N) is 2. The van der Waals surface area contributed by atoms with Crippen LogP contribution < -0.4 is 10.6 Å². The van der Waals surface area contributed by atoms with Gasteiger partial charge in [0.25, 0.3) is 0 Å². The molecule has 0 spiro atoms. The highest BCUT2D eigenvalue weighted by Crippen LogP contribution is 2.16. The molecule has 140 valence electrons. The molecule has 1 aromatic carbocycles. The van der Waals surface area contributed by atoms with Gasteiger partial charge in [0.15, 0.2) is 0 Å². The molecule has 0 bridgehead atoms. The molecule has 5 heteroatoms. The topological polar surface area (TPSA) is 44.4 Å². The first-order valence-electron chi connectivity index (χ1n) is 9.52. The molecule has 2 N–H and O–H groups in total. The minimum absolute atomic E-state index is 0. The Hall–Kier alpha value is -1.10. The summed E-state index contributed by atoms with van der Waals surface area (Å²) in [5.41, 5.74) is 2.55. The van der Waals surface area contributed by atoms with E-state index in [0.29, 0.717) is 12.5 Å². The summed E-state index contributed by atoms with van der Waals surface area (Å²) in [5.74, 6) is 0.773. The van der Waals surface area contributed by atoms with Crippen LogP contribution in [0.4, 0.5) is 0 Å². The summed E-state index contributed by atoms with van der Waals surface area (Å²) in [6.07, 6.45) is 6.16. The average Bonchev–Trinajstić information content (AvgIpc) is 2.62. The minimum Gasteiger partial charge on any atom is -0.351 e. The number of rotatable bonds is 5. The first-order valence-corrected chi connectivity index (χ1v) is 9.52. The van der Waals surface area contributed by atoms with Crippen molar-refractivity contribution in [2.45, 2.75) is 58.2 Å². The van der Waals surface area contributed by atoms with E-state index in [1.54, 1.807) is 0 Å². The molecule has 2 unspecified atom stereocenters. The zero-order valence-electron chi connectivity index (χ0n) is 15.3. The van der Waals surface area contributed by atoms with Crippen molar-refractivity contribution < 1.29 is 4.79 Å². The maximum absolute atomic E-state index is 12.3. The van der Waals surface area contributed by atoms with Crippen LogP contribution in [0, 0.1) is 5.92 Å². The van der Waals surface area contributed by atoms with Gasteiger partial charge in [0.2, 0.25) is 5.91 Å². The Labute approximate surface area is 158 Å². The fraction of sp³-hybridized carbons (Fsp3) is 0.650. The summed E-state index contributed by atoms with van der Waals surface area (Å²) in [5, 5.41) is 6.40. The number of nitrogens with zero attached hydrogens (tertiary/aromatic N) is 1. The van der Waals surface area contributed by atoms with Gasteiger partial charge in [-0.1, -0.05) is 37.6 Å². The molecule has 4 nitrogen and oxygen atoms in total. The highest BCUT2D eigenvalue weighted by atomic mass is 35.5. The van der Waals surface area contributed by atoms with Crippen molar-refractivity contribution in [3.8, 4) is 0 Å². The molecule has 0 radical (unpaired) electrons. The molecule has 25 heavy (non-hydrogen) atoms. The van der Waals surface area contributed by atoms with Gasteiger partial charge in [-0.3, -0.25) is 9.69 Å². The highest BCUT2D eigenvalue weighted by Gasteiger charge is 2.24. The predicted octanol–water partition coefficient (Wildman–Crippen LogP) is 3.10. The molecular formula is C20H32ClN3O. The molecular weight excluding hydrogens is 334 g/mol. The minimum atomic E-state index is -0.0212. The standard InChI is InChI=1S/C20H31N3O.ClH/c1-16-9-10-21-19(13-16)20(24)22-14-17-5-7-18(8-6-17)15-23-11-3-2-4-12-23;/h5-8,16,19,21H,2-4,9-15H2,1H3,(H,22,24);1H. The third-order valence-corrected chi connectivity index (χ3v) is 5.33. The summed E-state index contributed by atoms with van der Waals surface area (Å²) in [7, 11) is 0. The predicted molar refractivity (Wildman–Crippen MR) is 105 cm³/mol. The van der Waals surface area contributed by atoms with Gasteiger partial charge in [0, 0.05) is 13.1 Å². The first kappa shape index (κ1) is 20.2. The third kappa shape index (κ3) is 6.28. The number of piperidine rings is 2. The molecule has 0 aliphatic carbocycles. The summed E-state index contributed by atoms with van der Waals surface area (Å²) in [6.45, 7) is 7.30. The van der Waals surface area contributed by atoms with Crippen molar-refractivity contribution in [2.75, 3.05) is 19.6 Å². The van der Waals surface area contributed by atoms with Crippen molar-refractivity contribution in [1.29, 1.82) is 0 Å². The van der Waals surface area contributed by atoms with E-state index in [4.69, 9.17) is 0 Å². The van der Waals surface area contributed by atoms with Crippen LogP contribution in [0.25, 0.3) is 0 Å². The maximum atomic E-state index is 12.3. The Morgan fingerprint density at radius 1 is 1.16 bits per heavy atom. The van der Waals surface area contributed by atoms with Gasteiger partial charge < -0.3 is 10.6 Å². The lowest BCUT2D eigenvalue weighted by Gasteiger charge is -2.27. The van der Waals surface area contributed by atoms with Gasteiger partial charge in [-0.05, 0) is 62.4 Å². The van der Waals surface area contributed by atoms with Crippen molar-refractivity contribution in [3.63, 3.8) is 0 Å². The second-order valence-electron chi connectivity index (χ2n) is 7.51. The SMILES string of the molecule is CC1CCNC(C(=O)NCc2ccc(CN3CCCCC3)cc2)C1.Cl. The van der Waals surface area contributed by atoms with Crippen LogP contribution >= 0.6 is 12.4 Å². The van der Waals surface area contributed by atoms with Crippen molar-refractivity contribution in [2.24, 2.45) is 5.92 Å². The van der Waals surface area contributed by atoms with E-state index in [9.17, 15) is 4.79 Å². The Morgan fingerprint density at radius 2 is 1.84 bits per heavy atom. The molecule has 1 amide bonds. The lowest BCUT2D eigenvalue weighted by atomic mass is 9.94. The third-order valence-electron chi connectivity index (χ3n) is 5.33. The normalized spacial score (nSPS) is 24.4. The van der Waals surface area contributed by atoms with Crippen molar-refractivity contribution in [1.82, 2.24) is 15.5 Å². The smallest absolute Gasteiger partial charge is 0.237 e. The Kier molecular flexibility index (Phi) is 8.20. The fourth-order valence-corrected chi connectivity index (χ4v) is 3.76. The van der Waals surface area contributed by atoms with E-state index >= 15 is 0 Å².